The number of nitrogens with one attached hydrogen (secondary N) is 1. The van der Waals surface area contributed by atoms with Crippen LogP contribution in [-0.4, -0.2) is 32.1 Å². The Morgan fingerprint density at radius 1 is 0.938 bits per heavy atom. The van der Waals surface area contributed by atoms with E-state index in [1.165, 1.54) is 44.6 Å². The molecule has 0 aliphatic rings. The Hall–Kier alpha value is -3.55. The molecule has 0 unspecified atom stereocenters. The van der Waals surface area contributed by atoms with Crippen molar-refractivity contribution in [3.8, 4) is 11.3 Å². The summed E-state index contributed by atoms with van der Waals surface area (Å²) in [5, 5.41) is 3.35. The highest BCUT2D eigenvalue weighted by Gasteiger charge is 2.15. The summed E-state index contributed by atoms with van der Waals surface area (Å²) in [4.78, 5) is 36.1. The zero-order valence-electron chi connectivity index (χ0n) is 17.0. The lowest BCUT2D eigenvalue weighted by Crippen LogP contribution is -2.12. The number of furan rings is 1. The van der Waals surface area contributed by atoms with Crippen molar-refractivity contribution in [2.24, 2.45) is 0 Å². The van der Waals surface area contributed by atoms with Crippen LogP contribution in [0.15, 0.2) is 59.0 Å². The largest absolute Gasteiger partial charge is 0.465 e. The van der Waals surface area contributed by atoms with Gasteiger partial charge in [0.25, 0.3) is 0 Å². The third kappa shape index (κ3) is 5.38. The Morgan fingerprint density at radius 2 is 1.59 bits per heavy atom. The van der Waals surface area contributed by atoms with Crippen molar-refractivity contribution in [3.63, 3.8) is 0 Å². The number of rotatable bonds is 6. The molecule has 0 fully saturated rings. The SMILES string of the molecule is COC(=O)c1cc(NC(=O)C=Cc2ccc(-c3cccc(Cl)c3Cl)o2)cc(C(=O)OC)c1. The fourth-order valence-electron chi connectivity index (χ4n) is 2.79. The van der Waals surface area contributed by atoms with Gasteiger partial charge in [-0.1, -0.05) is 29.3 Å². The van der Waals surface area contributed by atoms with E-state index in [1.807, 2.05) is 0 Å². The Balaban J connectivity index is 1.77. The number of hydrogen-bond acceptors (Lipinski definition) is 6. The quantitative estimate of drug-likeness (QED) is 0.376. The number of anilines is 1. The molecule has 2 aromatic carbocycles. The highest BCUT2D eigenvalue weighted by molar-refractivity contribution is 6.43. The molecular weight excluding hydrogens is 457 g/mol. The first-order valence-electron chi connectivity index (χ1n) is 9.17. The molecule has 0 spiro atoms. The van der Waals surface area contributed by atoms with Gasteiger partial charge in [-0.05, 0) is 48.5 Å². The van der Waals surface area contributed by atoms with Crippen LogP contribution in [0.5, 0.6) is 0 Å². The first-order chi connectivity index (χ1) is 15.3. The van der Waals surface area contributed by atoms with Crippen molar-refractivity contribution < 1.29 is 28.3 Å². The van der Waals surface area contributed by atoms with Crippen LogP contribution < -0.4 is 5.32 Å². The second-order valence-electron chi connectivity index (χ2n) is 6.41. The number of amides is 1. The van der Waals surface area contributed by atoms with Crippen molar-refractivity contribution in [2.75, 3.05) is 19.5 Å². The lowest BCUT2D eigenvalue weighted by atomic mass is 10.1. The number of hydrogen-bond donors (Lipinski definition) is 1. The molecule has 0 saturated heterocycles. The van der Waals surface area contributed by atoms with E-state index in [4.69, 9.17) is 27.6 Å². The fraction of sp³-hybridized carbons (Fsp3) is 0.0870. The summed E-state index contributed by atoms with van der Waals surface area (Å²) in [5.41, 5.74) is 1.01. The lowest BCUT2D eigenvalue weighted by molar-refractivity contribution is -0.111. The number of esters is 2. The minimum atomic E-state index is -0.662. The molecule has 1 heterocycles. The first kappa shape index (κ1) is 23.1. The molecular formula is C23H17Cl2NO6. The number of halogens is 2. The number of carbonyl (C=O) groups is 3. The van der Waals surface area contributed by atoms with Gasteiger partial charge in [0, 0.05) is 17.3 Å². The van der Waals surface area contributed by atoms with E-state index in [9.17, 15) is 14.4 Å². The summed E-state index contributed by atoms with van der Waals surface area (Å²) < 4.78 is 15.1. The summed E-state index contributed by atoms with van der Waals surface area (Å²) in [6, 6.07) is 12.6. The molecule has 164 valence electrons. The number of carbonyl (C=O) groups excluding carboxylic acids is 3. The van der Waals surface area contributed by atoms with E-state index in [1.54, 1.807) is 30.3 Å². The molecule has 3 aromatic rings. The van der Waals surface area contributed by atoms with Gasteiger partial charge in [0.2, 0.25) is 5.91 Å². The Kier molecular flexibility index (Phi) is 7.35. The molecule has 32 heavy (non-hydrogen) atoms. The van der Waals surface area contributed by atoms with Crippen LogP contribution in [0.4, 0.5) is 5.69 Å². The molecule has 0 radical (unpaired) electrons. The third-order valence-corrected chi connectivity index (χ3v) is 5.10. The van der Waals surface area contributed by atoms with Gasteiger partial charge in [-0.15, -0.1) is 0 Å². The molecule has 1 aromatic heterocycles. The average Bonchev–Trinajstić information content (AvgIpc) is 3.27. The van der Waals surface area contributed by atoms with Crippen molar-refractivity contribution in [3.05, 3.63) is 81.5 Å². The molecule has 0 aliphatic carbocycles. The van der Waals surface area contributed by atoms with Crippen LogP contribution in [0.1, 0.15) is 26.5 Å². The second kappa shape index (κ2) is 10.2. The summed E-state index contributed by atoms with van der Waals surface area (Å²) >= 11 is 12.2. The molecule has 3 rings (SSSR count). The maximum absolute atomic E-state index is 12.4. The van der Waals surface area contributed by atoms with Gasteiger partial charge >= 0.3 is 11.9 Å². The zero-order valence-corrected chi connectivity index (χ0v) is 18.5. The van der Waals surface area contributed by atoms with Gasteiger partial charge in [0.05, 0.1) is 35.4 Å². The van der Waals surface area contributed by atoms with Gasteiger partial charge in [0.15, 0.2) is 0 Å². The van der Waals surface area contributed by atoms with Gasteiger partial charge in [-0.25, -0.2) is 9.59 Å². The Bertz CT molecular complexity index is 1180. The average molecular weight is 474 g/mol. The highest BCUT2D eigenvalue weighted by Crippen LogP contribution is 2.34. The van der Waals surface area contributed by atoms with Gasteiger partial charge in [-0.2, -0.15) is 0 Å². The molecule has 0 bridgehead atoms. The van der Waals surface area contributed by atoms with Gasteiger partial charge in [-0.3, -0.25) is 4.79 Å². The summed E-state index contributed by atoms with van der Waals surface area (Å²) in [7, 11) is 2.42. The van der Waals surface area contributed by atoms with Crippen LogP contribution in [-0.2, 0) is 14.3 Å². The van der Waals surface area contributed by atoms with Crippen LogP contribution in [0.2, 0.25) is 10.0 Å². The molecule has 1 N–H and O–H groups in total. The van der Waals surface area contributed by atoms with E-state index in [2.05, 4.69) is 14.8 Å². The van der Waals surface area contributed by atoms with Crippen molar-refractivity contribution in [1.82, 2.24) is 0 Å². The normalized spacial score (nSPS) is 10.8. The van der Waals surface area contributed by atoms with E-state index in [-0.39, 0.29) is 16.8 Å². The third-order valence-electron chi connectivity index (χ3n) is 4.29. The molecule has 0 saturated carbocycles. The van der Waals surface area contributed by atoms with Crippen molar-refractivity contribution in [2.45, 2.75) is 0 Å². The van der Waals surface area contributed by atoms with Crippen molar-refractivity contribution >= 4 is 52.8 Å². The predicted molar refractivity (Wildman–Crippen MR) is 121 cm³/mol. The van der Waals surface area contributed by atoms with E-state index in [0.29, 0.717) is 27.1 Å². The lowest BCUT2D eigenvalue weighted by Gasteiger charge is -2.08. The zero-order chi connectivity index (χ0) is 23.3. The molecule has 9 heteroatoms. The smallest absolute Gasteiger partial charge is 0.337 e. The second-order valence-corrected chi connectivity index (χ2v) is 7.19. The van der Waals surface area contributed by atoms with Crippen LogP contribution in [0.3, 0.4) is 0 Å². The van der Waals surface area contributed by atoms with Gasteiger partial charge < -0.3 is 19.2 Å². The number of benzene rings is 2. The topological polar surface area (TPSA) is 94.8 Å². The van der Waals surface area contributed by atoms with E-state index in [0.717, 1.165) is 0 Å². The minimum absolute atomic E-state index is 0.0868. The molecule has 0 aliphatic heterocycles. The first-order valence-corrected chi connectivity index (χ1v) is 9.93. The summed E-state index contributed by atoms with van der Waals surface area (Å²) in [6.07, 6.45) is 2.70. The monoisotopic (exact) mass is 473 g/mol. The molecule has 7 nitrogen and oxygen atoms in total. The summed E-state index contributed by atoms with van der Waals surface area (Å²) in [6.45, 7) is 0. The van der Waals surface area contributed by atoms with Crippen LogP contribution >= 0.6 is 23.2 Å². The standard InChI is InChI=1S/C23H17Cl2NO6/c1-30-22(28)13-10-14(23(29)31-2)12-15(11-13)26-20(27)9-7-16-6-8-19(32-16)17-4-3-5-18(24)21(17)25/h3-12H,1-2H3,(H,26,27). The van der Waals surface area contributed by atoms with E-state index >= 15 is 0 Å². The Labute approximate surface area is 193 Å². The highest BCUT2D eigenvalue weighted by atomic mass is 35.5. The maximum Gasteiger partial charge on any atom is 0.337 e. The van der Waals surface area contributed by atoms with Crippen LogP contribution in [0, 0.1) is 0 Å². The van der Waals surface area contributed by atoms with Gasteiger partial charge in [0.1, 0.15) is 11.5 Å². The minimum Gasteiger partial charge on any atom is -0.465 e. The molecule has 0 atom stereocenters. The fourth-order valence-corrected chi connectivity index (χ4v) is 3.19. The Morgan fingerprint density at radius 3 is 2.22 bits per heavy atom. The van der Waals surface area contributed by atoms with Crippen LogP contribution in [0.25, 0.3) is 17.4 Å². The predicted octanol–water partition coefficient (Wildman–Crippen LogP) is 5.48. The number of methoxy groups -OCH3 is 2. The molecule has 1 amide bonds. The number of ether oxygens (including phenoxy) is 2. The summed E-state index contributed by atoms with van der Waals surface area (Å²) in [5.74, 6) is -0.938. The maximum atomic E-state index is 12.4. The van der Waals surface area contributed by atoms with E-state index < -0.39 is 17.8 Å². The van der Waals surface area contributed by atoms with Crippen molar-refractivity contribution in [1.29, 1.82) is 0 Å².